The smallest absolute Gasteiger partial charge is 0.231 e. The molecule has 0 unspecified atom stereocenters. The van der Waals surface area contributed by atoms with Crippen LogP contribution in [0.15, 0.2) is 30.5 Å². The summed E-state index contributed by atoms with van der Waals surface area (Å²) in [4.78, 5) is 0. The average molecular weight is 444 g/mol. The van der Waals surface area contributed by atoms with E-state index in [1.807, 2.05) is 25.4 Å². The lowest BCUT2D eigenvalue weighted by Gasteiger charge is -2.19. The van der Waals surface area contributed by atoms with Crippen molar-refractivity contribution in [3.63, 3.8) is 0 Å². The number of hydrogen-bond acceptors (Lipinski definition) is 6. The normalized spacial score (nSPS) is 12.2. The molecule has 0 atom stereocenters. The number of fused-ring (bicyclic) bond motifs is 6. The zero-order valence-electron chi connectivity index (χ0n) is 17.9. The fraction of sp³-hybridized carbons (Fsp3) is 0.261. The van der Waals surface area contributed by atoms with E-state index in [1.54, 1.807) is 28.4 Å². The lowest BCUT2D eigenvalue weighted by atomic mass is 9.99. The van der Waals surface area contributed by atoms with Crippen molar-refractivity contribution < 1.29 is 45.4 Å². The Morgan fingerprint density at radius 3 is 2.00 bits per heavy atom. The number of hydrogen-bond donors (Lipinski definition) is 0. The van der Waals surface area contributed by atoms with E-state index in [9.17, 15) is 0 Å². The zero-order valence-corrected chi connectivity index (χ0v) is 18.6. The van der Waals surface area contributed by atoms with Crippen LogP contribution in [0.2, 0.25) is 0 Å². The molecule has 3 aromatic carbocycles. The van der Waals surface area contributed by atoms with Crippen molar-refractivity contribution in [2.75, 3.05) is 35.2 Å². The Morgan fingerprint density at radius 2 is 1.35 bits per heavy atom. The van der Waals surface area contributed by atoms with Crippen LogP contribution in [0.5, 0.6) is 34.5 Å². The molecule has 5 rings (SSSR count). The first-order valence-corrected chi connectivity index (χ1v) is 9.47. The van der Waals surface area contributed by atoms with Crippen molar-refractivity contribution in [1.29, 1.82) is 0 Å². The van der Waals surface area contributed by atoms with E-state index in [2.05, 4.69) is 16.7 Å². The summed E-state index contributed by atoms with van der Waals surface area (Å²) < 4.78 is 36.1. The molecule has 0 amide bonds. The largest absolute Gasteiger partial charge is 1.00 e. The predicted octanol–water partition coefficient (Wildman–Crippen LogP) is 0.738. The SMILES string of the molecule is COc1c(OC)c(OC)c2c(c[n+](C)c3c4cc5c(cc4ccc23)OCO5)c1OC.[Cl-]. The first-order valence-electron chi connectivity index (χ1n) is 9.47. The number of methoxy groups -OCH3 is 4. The monoisotopic (exact) mass is 443 g/mol. The molecule has 0 fully saturated rings. The number of benzene rings is 3. The van der Waals surface area contributed by atoms with Gasteiger partial charge in [-0.3, -0.25) is 0 Å². The third-order valence-electron chi connectivity index (χ3n) is 5.61. The Labute approximate surface area is 185 Å². The molecule has 0 saturated heterocycles. The number of nitrogens with zero attached hydrogens (tertiary/aromatic N) is 1. The first-order chi connectivity index (χ1) is 14.6. The number of rotatable bonds is 4. The van der Waals surface area contributed by atoms with E-state index in [0.29, 0.717) is 23.0 Å². The summed E-state index contributed by atoms with van der Waals surface area (Å²) in [5.74, 6) is 3.67. The van der Waals surface area contributed by atoms with Crippen LogP contribution in [-0.2, 0) is 7.05 Å². The van der Waals surface area contributed by atoms with Gasteiger partial charge in [0.1, 0.15) is 7.05 Å². The zero-order chi connectivity index (χ0) is 21.0. The highest BCUT2D eigenvalue weighted by Crippen LogP contribution is 2.52. The summed E-state index contributed by atoms with van der Waals surface area (Å²) in [6.45, 7) is 0.237. The van der Waals surface area contributed by atoms with Gasteiger partial charge in [-0.15, -0.1) is 0 Å². The molecule has 0 bridgehead atoms. The van der Waals surface area contributed by atoms with Crippen LogP contribution < -0.4 is 45.4 Å². The minimum atomic E-state index is 0. The van der Waals surface area contributed by atoms with E-state index < -0.39 is 0 Å². The Kier molecular flexibility index (Phi) is 5.23. The second-order valence-electron chi connectivity index (χ2n) is 7.05. The van der Waals surface area contributed by atoms with Gasteiger partial charge in [-0.05, 0) is 23.6 Å². The molecule has 0 spiro atoms. The van der Waals surface area contributed by atoms with Crippen molar-refractivity contribution in [3.8, 4) is 34.5 Å². The number of ether oxygens (including phenoxy) is 6. The Bertz CT molecular complexity index is 1340. The van der Waals surface area contributed by atoms with Crippen molar-refractivity contribution in [1.82, 2.24) is 0 Å². The van der Waals surface area contributed by atoms with Crippen molar-refractivity contribution in [2.45, 2.75) is 0 Å². The molecule has 0 N–H and O–H groups in total. The minimum absolute atomic E-state index is 0. The minimum Gasteiger partial charge on any atom is -1.00 e. The van der Waals surface area contributed by atoms with Crippen molar-refractivity contribution in [3.05, 3.63) is 30.5 Å². The summed E-state index contributed by atoms with van der Waals surface area (Å²) in [7, 11) is 8.43. The second-order valence-corrected chi connectivity index (χ2v) is 7.05. The van der Waals surface area contributed by atoms with Gasteiger partial charge < -0.3 is 40.8 Å². The molecular weight excluding hydrogens is 422 g/mol. The lowest BCUT2D eigenvalue weighted by molar-refractivity contribution is -0.642. The second kappa shape index (κ2) is 7.74. The van der Waals surface area contributed by atoms with Crippen LogP contribution >= 0.6 is 0 Å². The molecule has 0 saturated carbocycles. The maximum atomic E-state index is 5.81. The Morgan fingerprint density at radius 1 is 0.742 bits per heavy atom. The third-order valence-corrected chi connectivity index (χ3v) is 5.61. The third kappa shape index (κ3) is 2.84. The maximum absolute atomic E-state index is 5.81. The standard InChI is InChI=1S/C23H22NO6.ClH/c1-24-10-15-18(21(26-3)23(28-5)22(27-4)20(15)25-2)13-7-6-12-8-16-17(30-11-29-16)9-14(12)19(13)24;/h6-10H,11H2,1-5H3;1H/q+1;/p-1. The molecule has 7 nitrogen and oxygen atoms in total. The maximum Gasteiger partial charge on any atom is 0.231 e. The molecular formula is C23H22ClNO6. The Hall–Kier alpha value is -3.32. The van der Waals surface area contributed by atoms with Gasteiger partial charge in [0, 0.05) is 0 Å². The highest BCUT2D eigenvalue weighted by atomic mass is 35.5. The van der Waals surface area contributed by atoms with Crippen LogP contribution in [0.4, 0.5) is 0 Å². The topological polar surface area (TPSA) is 59.3 Å². The Balaban J connectivity index is 0.00000231. The molecule has 2 heterocycles. The average Bonchev–Trinajstić information content (AvgIpc) is 3.22. The van der Waals surface area contributed by atoms with Crippen LogP contribution in [0.25, 0.3) is 32.4 Å². The summed E-state index contributed by atoms with van der Waals surface area (Å²) >= 11 is 0. The van der Waals surface area contributed by atoms with Crippen molar-refractivity contribution >= 4 is 32.4 Å². The van der Waals surface area contributed by atoms with Gasteiger partial charge in [0.25, 0.3) is 0 Å². The van der Waals surface area contributed by atoms with Crippen LogP contribution in [-0.4, -0.2) is 35.2 Å². The van der Waals surface area contributed by atoms with Gasteiger partial charge in [0.2, 0.25) is 23.8 Å². The van der Waals surface area contributed by atoms with Gasteiger partial charge in [-0.25, -0.2) is 0 Å². The van der Waals surface area contributed by atoms with Gasteiger partial charge in [-0.2, -0.15) is 4.57 Å². The van der Waals surface area contributed by atoms with Crippen LogP contribution in [0, 0.1) is 0 Å². The first kappa shape index (κ1) is 20.9. The molecule has 1 aliphatic rings. The number of aromatic nitrogens is 1. The predicted molar refractivity (Wildman–Crippen MR) is 112 cm³/mol. The lowest BCUT2D eigenvalue weighted by Crippen LogP contribution is -3.00. The van der Waals surface area contributed by atoms with E-state index in [-0.39, 0.29) is 19.2 Å². The summed E-state index contributed by atoms with van der Waals surface area (Å²) in [6.07, 6.45) is 2.02. The molecule has 8 heteroatoms. The van der Waals surface area contributed by atoms with E-state index >= 15 is 0 Å². The van der Waals surface area contributed by atoms with Gasteiger partial charge >= 0.3 is 0 Å². The fourth-order valence-electron chi connectivity index (χ4n) is 4.37. The number of halogens is 1. The quantitative estimate of drug-likeness (QED) is 0.342. The molecule has 1 aliphatic heterocycles. The number of pyridine rings is 1. The number of aryl methyl sites for hydroxylation is 1. The van der Waals surface area contributed by atoms with Crippen molar-refractivity contribution in [2.24, 2.45) is 7.05 Å². The van der Waals surface area contributed by atoms with Gasteiger partial charge in [-0.1, -0.05) is 6.07 Å². The fourth-order valence-corrected chi connectivity index (χ4v) is 4.37. The molecule has 4 aromatic rings. The highest BCUT2D eigenvalue weighted by molar-refractivity contribution is 6.18. The molecule has 0 radical (unpaired) electrons. The van der Waals surface area contributed by atoms with Gasteiger partial charge in [0.05, 0.1) is 50.0 Å². The van der Waals surface area contributed by atoms with Crippen LogP contribution in [0.1, 0.15) is 0 Å². The van der Waals surface area contributed by atoms with E-state index in [0.717, 1.165) is 43.9 Å². The molecule has 0 aliphatic carbocycles. The molecule has 162 valence electrons. The molecule has 31 heavy (non-hydrogen) atoms. The van der Waals surface area contributed by atoms with Gasteiger partial charge in [0.15, 0.2) is 29.2 Å². The summed E-state index contributed by atoms with van der Waals surface area (Å²) in [5.41, 5.74) is 1.03. The van der Waals surface area contributed by atoms with E-state index in [1.165, 1.54) is 0 Å². The summed E-state index contributed by atoms with van der Waals surface area (Å²) in [6, 6.07) is 8.18. The highest BCUT2D eigenvalue weighted by Gasteiger charge is 2.28. The molecule has 1 aromatic heterocycles. The van der Waals surface area contributed by atoms with E-state index in [4.69, 9.17) is 28.4 Å². The summed E-state index contributed by atoms with van der Waals surface area (Å²) in [5, 5.41) is 4.87. The van der Waals surface area contributed by atoms with Crippen LogP contribution in [0.3, 0.4) is 0 Å².